The van der Waals surface area contributed by atoms with Crippen LogP contribution in [0.2, 0.25) is 0 Å². The predicted molar refractivity (Wildman–Crippen MR) is 98.0 cm³/mol. The summed E-state index contributed by atoms with van der Waals surface area (Å²) in [6.07, 6.45) is 5.52. The van der Waals surface area contributed by atoms with Crippen LogP contribution in [0.15, 0.2) is 24.3 Å². The van der Waals surface area contributed by atoms with Gasteiger partial charge in [0.15, 0.2) is 0 Å². The maximum Gasteiger partial charge on any atom is 0.230 e. The second-order valence-electron chi connectivity index (χ2n) is 7.27. The van der Waals surface area contributed by atoms with Crippen molar-refractivity contribution >= 4 is 17.5 Å². The Morgan fingerprint density at radius 3 is 2.33 bits per heavy atom. The number of carbonyl (C=O) groups is 2. The van der Waals surface area contributed by atoms with Crippen molar-refractivity contribution in [3.63, 3.8) is 0 Å². The van der Waals surface area contributed by atoms with Gasteiger partial charge in [0.05, 0.1) is 5.41 Å². The highest BCUT2D eigenvalue weighted by molar-refractivity contribution is 5.91. The summed E-state index contributed by atoms with van der Waals surface area (Å²) in [5, 5.41) is 6.00. The molecule has 1 aliphatic carbocycles. The second kappa shape index (κ2) is 8.32. The number of nitrogens with one attached hydrogen (secondary N) is 2. The molecule has 1 aromatic rings. The van der Waals surface area contributed by atoms with Gasteiger partial charge < -0.3 is 10.6 Å². The molecule has 24 heavy (non-hydrogen) atoms. The van der Waals surface area contributed by atoms with Crippen molar-refractivity contribution in [2.24, 2.45) is 5.92 Å². The fourth-order valence-electron chi connectivity index (χ4n) is 3.18. The van der Waals surface area contributed by atoms with Crippen LogP contribution in [0.4, 0.5) is 5.69 Å². The minimum atomic E-state index is -0.367. The Labute approximate surface area is 145 Å². The van der Waals surface area contributed by atoms with Crippen molar-refractivity contribution in [1.29, 1.82) is 0 Å². The lowest BCUT2D eigenvalue weighted by atomic mass is 9.63. The van der Waals surface area contributed by atoms with Crippen LogP contribution >= 0.6 is 0 Å². The largest absolute Gasteiger partial charge is 0.355 e. The van der Waals surface area contributed by atoms with E-state index in [0.717, 1.165) is 49.9 Å². The molecule has 2 N–H and O–H groups in total. The monoisotopic (exact) mass is 330 g/mol. The summed E-state index contributed by atoms with van der Waals surface area (Å²) < 4.78 is 0. The zero-order valence-corrected chi connectivity index (χ0v) is 15.2. The van der Waals surface area contributed by atoms with Crippen LogP contribution in [0.25, 0.3) is 0 Å². The number of anilines is 1. The van der Waals surface area contributed by atoms with E-state index >= 15 is 0 Å². The molecule has 1 aromatic carbocycles. The van der Waals surface area contributed by atoms with Crippen molar-refractivity contribution in [2.75, 3.05) is 11.9 Å². The van der Waals surface area contributed by atoms with E-state index in [1.54, 1.807) is 0 Å². The summed E-state index contributed by atoms with van der Waals surface area (Å²) in [6.45, 7) is 6.93. The molecule has 0 bridgehead atoms. The third-order valence-corrected chi connectivity index (χ3v) is 4.77. The molecule has 2 amide bonds. The van der Waals surface area contributed by atoms with Crippen molar-refractivity contribution in [3.8, 4) is 0 Å². The molecule has 0 heterocycles. The molecule has 1 fully saturated rings. The molecule has 2 rings (SSSR count). The summed E-state index contributed by atoms with van der Waals surface area (Å²) in [7, 11) is 0. The average molecular weight is 330 g/mol. The van der Waals surface area contributed by atoms with Gasteiger partial charge >= 0.3 is 0 Å². The normalized spacial score (nSPS) is 15.7. The van der Waals surface area contributed by atoms with Crippen molar-refractivity contribution in [1.82, 2.24) is 5.32 Å². The minimum Gasteiger partial charge on any atom is -0.355 e. The Hall–Kier alpha value is -1.84. The fraction of sp³-hybridized carbons (Fsp3) is 0.600. The van der Waals surface area contributed by atoms with Crippen LogP contribution in [0, 0.1) is 5.92 Å². The Bertz CT molecular complexity index is 560. The first-order valence-corrected chi connectivity index (χ1v) is 9.16. The Kier molecular flexibility index (Phi) is 6.41. The average Bonchev–Trinajstić information content (AvgIpc) is 2.47. The molecular formula is C20H30N2O2. The van der Waals surface area contributed by atoms with Crippen LogP contribution in [-0.4, -0.2) is 18.4 Å². The highest BCUT2D eigenvalue weighted by Gasteiger charge is 2.45. The molecule has 0 saturated heterocycles. The maximum absolute atomic E-state index is 12.6. The third kappa shape index (κ3) is 4.37. The van der Waals surface area contributed by atoms with Crippen LogP contribution in [-0.2, 0) is 15.0 Å². The number of hydrogen-bond acceptors (Lipinski definition) is 2. The lowest BCUT2D eigenvalue weighted by molar-refractivity contribution is -0.130. The zero-order chi connectivity index (χ0) is 17.6. The lowest BCUT2D eigenvalue weighted by Crippen LogP contribution is -2.49. The van der Waals surface area contributed by atoms with Crippen LogP contribution in [0.3, 0.4) is 0 Å². The summed E-state index contributed by atoms with van der Waals surface area (Å²) in [5.41, 5.74) is 1.49. The lowest BCUT2D eigenvalue weighted by Gasteiger charge is -2.40. The van der Waals surface area contributed by atoms with Gasteiger partial charge in [-0.15, -0.1) is 0 Å². The highest BCUT2D eigenvalue weighted by atomic mass is 16.2. The summed E-state index contributed by atoms with van der Waals surface area (Å²) >= 11 is 0. The van der Waals surface area contributed by atoms with E-state index in [4.69, 9.17) is 0 Å². The van der Waals surface area contributed by atoms with Gasteiger partial charge in [-0.05, 0) is 42.9 Å². The molecule has 0 unspecified atom stereocenters. The molecule has 0 aromatic heterocycles. The number of unbranched alkanes of at least 4 members (excludes halogenated alkanes) is 1. The maximum atomic E-state index is 12.6. The number of carbonyl (C=O) groups excluding carboxylic acids is 2. The van der Waals surface area contributed by atoms with Crippen LogP contribution in [0.1, 0.15) is 64.9 Å². The predicted octanol–water partition coefficient (Wildman–Crippen LogP) is 4.01. The first-order valence-electron chi connectivity index (χ1n) is 9.16. The summed E-state index contributed by atoms with van der Waals surface area (Å²) in [5.74, 6) is 0.529. The first-order chi connectivity index (χ1) is 11.5. The van der Waals surface area contributed by atoms with Gasteiger partial charge in [-0.3, -0.25) is 9.59 Å². The topological polar surface area (TPSA) is 58.2 Å². The minimum absolute atomic E-state index is 0.0356. The van der Waals surface area contributed by atoms with E-state index in [9.17, 15) is 9.59 Å². The molecule has 0 aliphatic heterocycles. The van der Waals surface area contributed by atoms with E-state index in [1.165, 1.54) is 0 Å². The van der Waals surface area contributed by atoms with Crippen molar-refractivity contribution in [3.05, 3.63) is 29.8 Å². The SMILES string of the molecule is CCCCNC(=O)C1(c2ccc(NC(=O)CC(C)C)cc2)CCC1. The molecule has 132 valence electrons. The summed E-state index contributed by atoms with van der Waals surface area (Å²) in [4.78, 5) is 24.5. The van der Waals surface area contributed by atoms with Gasteiger partial charge in [-0.25, -0.2) is 0 Å². The Balaban J connectivity index is 2.02. The molecule has 4 nitrogen and oxygen atoms in total. The van der Waals surface area contributed by atoms with E-state index in [1.807, 2.05) is 38.1 Å². The number of amides is 2. The fourth-order valence-corrected chi connectivity index (χ4v) is 3.18. The molecule has 0 atom stereocenters. The van der Waals surface area contributed by atoms with Gasteiger partial charge in [0.1, 0.15) is 0 Å². The molecule has 0 spiro atoms. The van der Waals surface area contributed by atoms with E-state index in [-0.39, 0.29) is 17.2 Å². The van der Waals surface area contributed by atoms with Crippen molar-refractivity contribution < 1.29 is 9.59 Å². The molecule has 0 radical (unpaired) electrons. The van der Waals surface area contributed by atoms with Gasteiger partial charge in [-0.2, -0.15) is 0 Å². The van der Waals surface area contributed by atoms with E-state index in [2.05, 4.69) is 17.6 Å². The van der Waals surface area contributed by atoms with E-state index < -0.39 is 0 Å². The van der Waals surface area contributed by atoms with Gasteiger partial charge in [-0.1, -0.05) is 45.7 Å². The Morgan fingerprint density at radius 2 is 1.83 bits per heavy atom. The van der Waals surface area contributed by atoms with Crippen LogP contribution in [0.5, 0.6) is 0 Å². The number of hydrogen-bond donors (Lipinski definition) is 2. The molecule has 1 saturated carbocycles. The first kappa shape index (κ1) is 18.5. The van der Waals surface area contributed by atoms with Gasteiger partial charge in [0, 0.05) is 18.7 Å². The number of benzene rings is 1. The second-order valence-corrected chi connectivity index (χ2v) is 7.27. The van der Waals surface area contributed by atoms with Gasteiger partial charge in [0.2, 0.25) is 11.8 Å². The quantitative estimate of drug-likeness (QED) is 0.708. The molecular weight excluding hydrogens is 300 g/mol. The standard InChI is InChI=1S/C20H30N2O2/c1-4-5-13-21-19(24)20(11-6-12-20)16-7-9-17(10-8-16)22-18(23)14-15(2)3/h7-10,15H,4-6,11-14H2,1-3H3,(H,21,24)(H,22,23). The van der Waals surface area contributed by atoms with Crippen LogP contribution < -0.4 is 10.6 Å². The molecule has 1 aliphatic rings. The highest BCUT2D eigenvalue weighted by Crippen LogP contribution is 2.44. The van der Waals surface area contributed by atoms with Crippen molar-refractivity contribution in [2.45, 2.75) is 64.7 Å². The third-order valence-electron chi connectivity index (χ3n) is 4.77. The smallest absolute Gasteiger partial charge is 0.230 e. The Morgan fingerprint density at radius 1 is 1.17 bits per heavy atom. The van der Waals surface area contributed by atoms with Gasteiger partial charge in [0.25, 0.3) is 0 Å². The number of rotatable bonds is 8. The zero-order valence-electron chi connectivity index (χ0n) is 15.2. The molecule has 4 heteroatoms. The van der Waals surface area contributed by atoms with E-state index in [0.29, 0.717) is 12.3 Å². The summed E-state index contributed by atoms with van der Waals surface area (Å²) in [6, 6.07) is 7.80.